The van der Waals surface area contributed by atoms with E-state index in [2.05, 4.69) is 4.98 Å². The van der Waals surface area contributed by atoms with E-state index in [0.717, 1.165) is 24.3 Å². The number of benzene rings is 2. The minimum atomic E-state index is -4.55. The second-order valence-corrected chi connectivity index (χ2v) is 6.16. The Balaban J connectivity index is 2.31. The molecule has 6 nitrogen and oxygen atoms in total. The van der Waals surface area contributed by atoms with Crippen LogP contribution in [0.25, 0.3) is 22.4 Å². The van der Waals surface area contributed by atoms with Crippen molar-refractivity contribution in [1.82, 2.24) is 4.98 Å². The maximum absolute atomic E-state index is 12.9. The maximum atomic E-state index is 12.9. The third-order valence-corrected chi connectivity index (χ3v) is 4.33. The number of nitriles is 2. The average Bonchev–Trinajstić information content (AvgIpc) is 2.72. The molecule has 0 saturated carbocycles. The van der Waals surface area contributed by atoms with Gasteiger partial charge in [0.1, 0.15) is 23.5 Å². The maximum Gasteiger partial charge on any atom is 0.416 e. The van der Waals surface area contributed by atoms with Crippen LogP contribution in [0.1, 0.15) is 27.0 Å². The van der Waals surface area contributed by atoms with E-state index >= 15 is 0 Å². The van der Waals surface area contributed by atoms with Gasteiger partial charge in [0.25, 0.3) is 0 Å². The molecule has 0 atom stereocenters. The Morgan fingerprint density at radius 1 is 1.00 bits per heavy atom. The molecule has 1 aromatic heterocycles. The summed E-state index contributed by atoms with van der Waals surface area (Å²) in [6, 6.07) is 13.3. The van der Waals surface area contributed by atoms with E-state index in [4.69, 9.17) is 5.73 Å². The average molecular weight is 408 g/mol. The van der Waals surface area contributed by atoms with Crippen LogP contribution >= 0.6 is 0 Å². The van der Waals surface area contributed by atoms with E-state index in [1.807, 2.05) is 12.1 Å². The van der Waals surface area contributed by atoms with Crippen molar-refractivity contribution in [3.8, 4) is 34.5 Å². The zero-order valence-corrected chi connectivity index (χ0v) is 15.0. The molecule has 3 aromatic rings. The lowest BCUT2D eigenvalue weighted by Gasteiger charge is -2.14. The molecule has 0 spiro atoms. The Hall–Kier alpha value is -4.37. The zero-order chi connectivity index (χ0) is 22.1. The molecule has 9 heteroatoms. The van der Waals surface area contributed by atoms with Gasteiger partial charge in [0.15, 0.2) is 0 Å². The number of carboxylic acid groups (broad SMARTS) is 1. The minimum absolute atomic E-state index is 0.0204. The van der Waals surface area contributed by atoms with Crippen molar-refractivity contribution in [3.63, 3.8) is 0 Å². The fraction of sp³-hybridized carbons (Fsp3) is 0.0476. The molecule has 0 aliphatic rings. The second-order valence-electron chi connectivity index (χ2n) is 6.16. The lowest BCUT2D eigenvalue weighted by molar-refractivity contribution is -0.137. The van der Waals surface area contributed by atoms with Gasteiger partial charge in [-0.05, 0) is 29.8 Å². The topological polar surface area (TPSA) is 124 Å². The van der Waals surface area contributed by atoms with Crippen LogP contribution in [0.15, 0.2) is 48.5 Å². The van der Waals surface area contributed by atoms with Gasteiger partial charge in [-0.1, -0.05) is 24.3 Å². The van der Waals surface area contributed by atoms with E-state index in [1.54, 1.807) is 0 Å². The summed E-state index contributed by atoms with van der Waals surface area (Å²) in [5.74, 6) is -1.43. The van der Waals surface area contributed by atoms with Crippen LogP contribution in [0.5, 0.6) is 0 Å². The summed E-state index contributed by atoms with van der Waals surface area (Å²) in [6.07, 6.45) is -4.55. The molecule has 0 fully saturated rings. The Morgan fingerprint density at radius 2 is 1.63 bits per heavy atom. The first kappa shape index (κ1) is 20.4. The lowest BCUT2D eigenvalue weighted by atomic mass is 9.91. The first-order chi connectivity index (χ1) is 14.2. The standard InChI is InChI=1S/C21H11F3N4O2/c22-21(23,24)14-6-4-11(5-7-14)17-15(9-25)18(28-19(27)16(17)10-26)12-2-1-3-13(8-12)20(29)30/h1-8H,(H2,27,28)(H,29,30). The van der Waals surface area contributed by atoms with Gasteiger partial charge in [0.05, 0.1) is 22.4 Å². The number of nitrogens with two attached hydrogens (primary N) is 1. The van der Waals surface area contributed by atoms with Gasteiger partial charge < -0.3 is 10.8 Å². The number of pyridine rings is 1. The number of hydrogen-bond acceptors (Lipinski definition) is 5. The molecule has 0 bridgehead atoms. The van der Waals surface area contributed by atoms with Crippen LogP contribution in [0, 0.1) is 22.7 Å². The van der Waals surface area contributed by atoms with Crippen molar-refractivity contribution < 1.29 is 23.1 Å². The molecule has 2 aromatic carbocycles. The van der Waals surface area contributed by atoms with Crippen LogP contribution < -0.4 is 5.73 Å². The summed E-state index contributed by atoms with van der Waals surface area (Å²) >= 11 is 0. The number of hydrogen-bond donors (Lipinski definition) is 2. The van der Waals surface area contributed by atoms with Crippen LogP contribution in [-0.2, 0) is 6.18 Å². The summed E-state index contributed by atoms with van der Waals surface area (Å²) in [5.41, 5.74) is 5.14. The summed E-state index contributed by atoms with van der Waals surface area (Å²) in [5, 5.41) is 28.5. The van der Waals surface area contributed by atoms with E-state index in [9.17, 15) is 33.6 Å². The number of nitrogen functional groups attached to an aromatic ring is 1. The number of carbonyl (C=O) groups is 1. The SMILES string of the molecule is N#Cc1c(N)nc(-c2cccc(C(=O)O)c2)c(C#N)c1-c1ccc(C(F)(F)F)cc1. The van der Waals surface area contributed by atoms with Gasteiger partial charge in [0, 0.05) is 11.1 Å². The van der Waals surface area contributed by atoms with Gasteiger partial charge >= 0.3 is 12.1 Å². The van der Waals surface area contributed by atoms with E-state index < -0.39 is 17.7 Å². The molecule has 0 radical (unpaired) electrons. The van der Waals surface area contributed by atoms with Gasteiger partial charge in [-0.25, -0.2) is 9.78 Å². The van der Waals surface area contributed by atoms with Crippen LogP contribution in [0.4, 0.5) is 19.0 Å². The Morgan fingerprint density at radius 3 is 2.17 bits per heavy atom. The van der Waals surface area contributed by atoms with Crippen molar-refractivity contribution in [3.05, 3.63) is 70.8 Å². The molecule has 0 saturated heterocycles. The number of anilines is 1. The second kappa shape index (κ2) is 7.57. The van der Waals surface area contributed by atoms with Gasteiger partial charge in [0.2, 0.25) is 0 Å². The number of alkyl halides is 3. The van der Waals surface area contributed by atoms with E-state index in [-0.39, 0.29) is 44.9 Å². The summed E-state index contributed by atoms with van der Waals surface area (Å²) in [6.45, 7) is 0. The summed E-state index contributed by atoms with van der Waals surface area (Å²) in [4.78, 5) is 15.4. The number of rotatable bonds is 3. The number of aromatic nitrogens is 1. The van der Waals surface area contributed by atoms with Crippen molar-refractivity contribution in [2.45, 2.75) is 6.18 Å². The van der Waals surface area contributed by atoms with Crippen molar-refractivity contribution in [2.75, 3.05) is 5.73 Å². The van der Waals surface area contributed by atoms with Gasteiger partial charge in [-0.3, -0.25) is 0 Å². The number of halogens is 3. The third-order valence-electron chi connectivity index (χ3n) is 4.33. The molecule has 0 aliphatic heterocycles. The van der Waals surface area contributed by atoms with Gasteiger partial charge in [-0.15, -0.1) is 0 Å². The molecule has 0 amide bonds. The van der Waals surface area contributed by atoms with E-state index in [0.29, 0.717) is 0 Å². The smallest absolute Gasteiger partial charge is 0.416 e. The highest BCUT2D eigenvalue weighted by atomic mass is 19.4. The molecular weight excluding hydrogens is 397 g/mol. The monoisotopic (exact) mass is 408 g/mol. The molecule has 148 valence electrons. The molecule has 0 aliphatic carbocycles. The van der Waals surface area contributed by atoms with E-state index in [1.165, 1.54) is 24.3 Å². The van der Waals surface area contributed by atoms with Gasteiger partial charge in [-0.2, -0.15) is 23.7 Å². The van der Waals surface area contributed by atoms with Crippen LogP contribution in [0.3, 0.4) is 0 Å². The molecule has 1 heterocycles. The fourth-order valence-electron chi connectivity index (χ4n) is 2.95. The fourth-order valence-corrected chi connectivity index (χ4v) is 2.95. The highest BCUT2D eigenvalue weighted by Crippen LogP contribution is 2.37. The zero-order valence-electron chi connectivity index (χ0n) is 15.0. The normalized spacial score (nSPS) is 10.8. The lowest BCUT2D eigenvalue weighted by Crippen LogP contribution is -2.06. The van der Waals surface area contributed by atoms with Crippen LogP contribution in [0.2, 0.25) is 0 Å². The van der Waals surface area contributed by atoms with Crippen molar-refractivity contribution in [1.29, 1.82) is 10.5 Å². The number of nitrogens with zero attached hydrogens (tertiary/aromatic N) is 3. The minimum Gasteiger partial charge on any atom is -0.478 e. The quantitative estimate of drug-likeness (QED) is 0.659. The number of aromatic carboxylic acids is 1. The predicted octanol–water partition coefficient (Wildman–Crippen LogP) is 4.46. The highest BCUT2D eigenvalue weighted by Gasteiger charge is 2.30. The first-order valence-corrected chi connectivity index (χ1v) is 8.32. The van der Waals surface area contributed by atoms with Crippen LogP contribution in [-0.4, -0.2) is 16.1 Å². The molecule has 3 N–H and O–H groups in total. The summed E-state index contributed by atoms with van der Waals surface area (Å²) in [7, 11) is 0. The largest absolute Gasteiger partial charge is 0.478 e. The Kier molecular flexibility index (Phi) is 5.14. The molecule has 30 heavy (non-hydrogen) atoms. The van der Waals surface area contributed by atoms with Crippen molar-refractivity contribution >= 4 is 11.8 Å². The Labute approximate surface area is 168 Å². The summed E-state index contributed by atoms with van der Waals surface area (Å²) < 4.78 is 38.6. The molecule has 3 rings (SSSR count). The van der Waals surface area contributed by atoms with Crippen molar-refractivity contribution in [2.24, 2.45) is 0 Å². The molecule has 0 unspecified atom stereocenters. The Bertz CT molecular complexity index is 1240. The molecular formula is C21H11F3N4O2. The predicted molar refractivity (Wildman–Crippen MR) is 101 cm³/mol. The first-order valence-electron chi connectivity index (χ1n) is 8.32. The number of carboxylic acids is 1. The highest BCUT2D eigenvalue weighted by molar-refractivity contribution is 5.91. The third kappa shape index (κ3) is 3.64.